The van der Waals surface area contributed by atoms with Crippen LogP contribution in [0.3, 0.4) is 0 Å². The van der Waals surface area contributed by atoms with Crippen LogP contribution < -0.4 is 0 Å². The molecule has 3 aliphatic rings. The van der Waals surface area contributed by atoms with E-state index in [1.54, 1.807) is 5.20 Å². The van der Waals surface area contributed by atoms with E-state index in [1.165, 1.54) is 16.7 Å². The normalized spacial score (nSPS) is 24.5. The monoisotopic (exact) mass is 296 g/mol. The molecule has 0 bridgehead atoms. The summed E-state index contributed by atoms with van der Waals surface area (Å²) in [6, 6.07) is 8.87. The molecule has 0 radical (unpaired) electrons. The molecular formula is C20H21LiSi. The number of hydrogen-bond acceptors (Lipinski definition) is 0. The van der Waals surface area contributed by atoms with Crippen LogP contribution >= 0.6 is 0 Å². The van der Waals surface area contributed by atoms with Gasteiger partial charge in [-0.25, -0.2) is 0 Å². The van der Waals surface area contributed by atoms with Gasteiger partial charge in [0.15, 0.2) is 0 Å². The van der Waals surface area contributed by atoms with Gasteiger partial charge in [-0.2, -0.15) is 0 Å². The number of benzene rings is 1. The van der Waals surface area contributed by atoms with Crippen LogP contribution in [-0.4, -0.2) is 26.9 Å². The van der Waals surface area contributed by atoms with Gasteiger partial charge in [-0.1, -0.05) is 91.2 Å². The summed E-state index contributed by atoms with van der Waals surface area (Å²) in [6.45, 7) is 5.02. The molecular weight excluding hydrogens is 275 g/mol. The van der Waals surface area contributed by atoms with Gasteiger partial charge in [0.1, 0.15) is 0 Å². The first kappa shape index (κ1) is 15.6. The number of fused-ring (bicyclic) bond motifs is 2. The molecule has 1 aromatic rings. The van der Waals surface area contributed by atoms with Crippen LogP contribution in [0.1, 0.15) is 16.7 Å². The molecule has 0 N–H and O–H groups in total. The summed E-state index contributed by atoms with van der Waals surface area (Å²) in [7, 11) is -1.55. The molecule has 3 aliphatic carbocycles. The molecule has 0 fully saturated rings. The Balaban J connectivity index is 0.00000144. The predicted octanol–water partition coefficient (Wildman–Crippen LogP) is 4.54. The van der Waals surface area contributed by atoms with Gasteiger partial charge in [0.25, 0.3) is 0 Å². The molecule has 0 aromatic heterocycles. The van der Waals surface area contributed by atoms with Gasteiger partial charge >= 0.3 is 18.9 Å². The van der Waals surface area contributed by atoms with Crippen molar-refractivity contribution in [2.45, 2.75) is 18.6 Å². The molecule has 106 valence electrons. The van der Waals surface area contributed by atoms with Crippen molar-refractivity contribution in [3.63, 3.8) is 0 Å². The maximum atomic E-state index is 2.51. The minimum absolute atomic E-state index is 0. The molecule has 0 nitrogen and oxygen atoms in total. The number of rotatable bonds is 2. The zero-order chi connectivity index (χ0) is 14.4. The standard InChI is InChI=1S/C20H20Si.Li.H/c1-21(2,18-13-16-8-3-4-9-17(16)14-18)20-12-11-15-7-5-6-10-19(15)20;;/h3-14,16,20H,1-2H3;;. The second-order valence-corrected chi connectivity index (χ2v) is 11.4. The quantitative estimate of drug-likeness (QED) is 0.703. The zero-order valence-corrected chi connectivity index (χ0v) is 13.6. The van der Waals surface area contributed by atoms with Crippen molar-refractivity contribution >= 4 is 33.0 Å². The Hall–Kier alpha value is -1.27. The molecule has 0 amide bonds. The van der Waals surface area contributed by atoms with Crippen molar-refractivity contribution in [1.29, 1.82) is 0 Å². The summed E-state index contributed by atoms with van der Waals surface area (Å²) in [5, 5.41) is 1.60. The summed E-state index contributed by atoms with van der Waals surface area (Å²) in [6.07, 6.45) is 18.6. The predicted molar refractivity (Wildman–Crippen MR) is 101 cm³/mol. The van der Waals surface area contributed by atoms with Crippen molar-refractivity contribution in [2.24, 2.45) is 5.92 Å². The molecule has 1 aromatic carbocycles. The van der Waals surface area contributed by atoms with Crippen molar-refractivity contribution in [1.82, 2.24) is 0 Å². The Morgan fingerprint density at radius 1 is 0.955 bits per heavy atom. The Bertz CT molecular complexity index is 747. The second-order valence-electron chi connectivity index (χ2n) is 6.72. The number of hydrogen-bond donors (Lipinski definition) is 0. The van der Waals surface area contributed by atoms with Gasteiger partial charge in [0.05, 0.1) is 8.07 Å². The Kier molecular flexibility index (Phi) is 4.08. The van der Waals surface area contributed by atoms with Crippen LogP contribution in [-0.2, 0) is 0 Å². The SMILES string of the molecule is C[Si](C)(C1=CC2C=CC=CC2=C1)C1C=Cc2ccccc21.[LiH]. The van der Waals surface area contributed by atoms with E-state index >= 15 is 0 Å². The third kappa shape index (κ3) is 2.38. The van der Waals surface area contributed by atoms with Crippen LogP contribution in [0.5, 0.6) is 0 Å². The van der Waals surface area contributed by atoms with Gasteiger partial charge in [0, 0.05) is 11.5 Å². The average Bonchev–Trinajstić information content (AvgIpc) is 3.11. The van der Waals surface area contributed by atoms with E-state index in [-0.39, 0.29) is 18.9 Å². The fraction of sp³-hybridized carbons (Fsp3) is 0.200. The second kappa shape index (κ2) is 5.74. The van der Waals surface area contributed by atoms with Gasteiger partial charge in [-0.3, -0.25) is 0 Å². The topological polar surface area (TPSA) is 0 Å². The van der Waals surface area contributed by atoms with E-state index in [1.807, 2.05) is 0 Å². The third-order valence-corrected chi connectivity index (χ3v) is 8.96. The summed E-state index contributed by atoms with van der Waals surface area (Å²) in [5.41, 5.74) is 4.99. The van der Waals surface area contributed by atoms with E-state index in [0.29, 0.717) is 11.5 Å². The van der Waals surface area contributed by atoms with Crippen molar-refractivity contribution in [3.05, 3.63) is 88.7 Å². The molecule has 0 spiro atoms. The summed E-state index contributed by atoms with van der Waals surface area (Å²) < 4.78 is 0. The first-order valence-electron chi connectivity index (χ1n) is 7.72. The molecule has 4 rings (SSSR count). The molecule has 0 saturated carbocycles. The van der Waals surface area contributed by atoms with Crippen LogP contribution in [0.2, 0.25) is 13.1 Å². The summed E-state index contributed by atoms with van der Waals surface area (Å²) in [5.74, 6) is 0.511. The summed E-state index contributed by atoms with van der Waals surface area (Å²) >= 11 is 0. The van der Waals surface area contributed by atoms with E-state index in [9.17, 15) is 0 Å². The van der Waals surface area contributed by atoms with Gasteiger partial charge < -0.3 is 0 Å². The van der Waals surface area contributed by atoms with Crippen molar-refractivity contribution < 1.29 is 0 Å². The first-order chi connectivity index (χ1) is 10.2. The van der Waals surface area contributed by atoms with Crippen molar-refractivity contribution in [3.8, 4) is 0 Å². The molecule has 22 heavy (non-hydrogen) atoms. The molecule has 2 heteroatoms. The van der Waals surface area contributed by atoms with Crippen LogP contribution in [0.15, 0.2) is 77.6 Å². The Morgan fingerprint density at radius 2 is 1.77 bits per heavy atom. The van der Waals surface area contributed by atoms with Gasteiger partial charge in [-0.15, -0.1) is 0 Å². The number of allylic oxidation sites excluding steroid dienone is 9. The van der Waals surface area contributed by atoms with Gasteiger partial charge in [-0.05, 0) is 16.7 Å². The van der Waals surface area contributed by atoms with Crippen LogP contribution in [0.25, 0.3) is 6.08 Å². The average molecular weight is 296 g/mol. The molecule has 2 unspecified atom stereocenters. The van der Waals surface area contributed by atoms with Gasteiger partial charge in [0.2, 0.25) is 0 Å². The first-order valence-corrected chi connectivity index (χ1v) is 10.8. The van der Waals surface area contributed by atoms with Crippen LogP contribution in [0, 0.1) is 5.92 Å². The Morgan fingerprint density at radius 3 is 2.59 bits per heavy atom. The Labute approximate surface area is 146 Å². The van der Waals surface area contributed by atoms with Crippen LogP contribution in [0.4, 0.5) is 0 Å². The van der Waals surface area contributed by atoms with E-state index in [2.05, 4.69) is 86.0 Å². The van der Waals surface area contributed by atoms with E-state index in [0.717, 1.165) is 0 Å². The molecule has 0 heterocycles. The molecule has 0 aliphatic heterocycles. The maximum absolute atomic E-state index is 2.51. The fourth-order valence-electron chi connectivity index (χ4n) is 3.75. The van der Waals surface area contributed by atoms with E-state index < -0.39 is 8.07 Å². The summed E-state index contributed by atoms with van der Waals surface area (Å²) in [4.78, 5) is 0. The third-order valence-electron chi connectivity index (χ3n) is 5.11. The molecule has 0 saturated heterocycles. The molecule has 2 atom stereocenters. The van der Waals surface area contributed by atoms with Crippen molar-refractivity contribution in [2.75, 3.05) is 0 Å². The minimum atomic E-state index is -1.55. The van der Waals surface area contributed by atoms with E-state index in [4.69, 9.17) is 0 Å². The fourth-order valence-corrected chi connectivity index (χ4v) is 6.87. The zero-order valence-electron chi connectivity index (χ0n) is 12.6.